The van der Waals surface area contributed by atoms with E-state index in [1.807, 2.05) is 19.1 Å². The predicted molar refractivity (Wildman–Crippen MR) is 115 cm³/mol. The molecule has 146 valence electrons. The van der Waals surface area contributed by atoms with Crippen molar-refractivity contribution in [2.45, 2.75) is 51.8 Å². The van der Waals surface area contributed by atoms with Crippen molar-refractivity contribution in [2.75, 3.05) is 6.61 Å². The van der Waals surface area contributed by atoms with E-state index in [-0.39, 0.29) is 0 Å². The van der Waals surface area contributed by atoms with Crippen LogP contribution in [0.4, 0.5) is 0 Å². The third-order valence-corrected chi connectivity index (χ3v) is 5.88. The number of benzene rings is 2. The summed E-state index contributed by atoms with van der Waals surface area (Å²) < 4.78 is 12.7. The molecular formula is C21H24BrCl2NO2. The summed E-state index contributed by atoms with van der Waals surface area (Å²) >= 11 is 15.8. The number of halogens is 3. The van der Waals surface area contributed by atoms with E-state index in [0.717, 1.165) is 22.3 Å². The molecule has 3 rings (SSSR count). The molecule has 1 aliphatic rings. The number of rotatable bonds is 8. The topological polar surface area (TPSA) is 30.5 Å². The average Bonchev–Trinajstić information content (AvgIpc) is 3.14. The van der Waals surface area contributed by atoms with Crippen molar-refractivity contribution in [3.05, 3.63) is 56.0 Å². The van der Waals surface area contributed by atoms with Crippen LogP contribution in [0.3, 0.4) is 0 Å². The third kappa shape index (κ3) is 5.77. The summed E-state index contributed by atoms with van der Waals surface area (Å²) in [5, 5.41) is 4.84. The lowest BCUT2D eigenvalue weighted by Crippen LogP contribution is -2.25. The van der Waals surface area contributed by atoms with E-state index in [0.29, 0.717) is 35.1 Å². The van der Waals surface area contributed by atoms with Gasteiger partial charge in [0.1, 0.15) is 6.61 Å². The van der Waals surface area contributed by atoms with Gasteiger partial charge in [0, 0.05) is 28.2 Å². The number of hydrogen-bond acceptors (Lipinski definition) is 3. The highest BCUT2D eigenvalue weighted by Crippen LogP contribution is 2.38. The van der Waals surface area contributed by atoms with Gasteiger partial charge in [0.05, 0.1) is 11.1 Å². The normalized spacial score (nSPS) is 14.5. The molecule has 0 heterocycles. The molecule has 3 nitrogen and oxygen atoms in total. The maximum Gasteiger partial charge on any atom is 0.175 e. The molecule has 1 saturated carbocycles. The van der Waals surface area contributed by atoms with Crippen LogP contribution < -0.4 is 14.8 Å². The van der Waals surface area contributed by atoms with E-state index in [9.17, 15) is 0 Å². The van der Waals surface area contributed by atoms with Crippen LogP contribution >= 0.6 is 39.1 Å². The van der Waals surface area contributed by atoms with E-state index < -0.39 is 0 Å². The van der Waals surface area contributed by atoms with Crippen LogP contribution in [0.25, 0.3) is 0 Å². The third-order valence-electron chi connectivity index (χ3n) is 4.71. The minimum atomic E-state index is 0.342. The van der Waals surface area contributed by atoms with E-state index in [1.165, 1.54) is 31.2 Å². The van der Waals surface area contributed by atoms with Crippen molar-refractivity contribution >= 4 is 39.1 Å². The summed E-state index contributed by atoms with van der Waals surface area (Å²) in [5.74, 6) is 1.42. The molecule has 2 aromatic carbocycles. The zero-order valence-electron chi connectivity index (χ0n) is 15.4. The molecule has 1 fully saturated rings. The van der Waals surface area contributed by atoms with Crippen molar-refractivity contribution in [3.8, 4) is 11.5 Å². The fourth-order valence-electron chi connectivity index (χ4n) is 3.31. The van der Waals surface area contributed by atoms with Crippen LogP contribution in [0.2, 0.25) is 10.0 Å². The minimum Gasteiger partial charge on any atom is -0.490 e. The smallest absolute Gasteiger partial charge is 0.175 e. The van der Waals surface area contributed by atoms with Gasteiger partial charge in [-0.15, -0.1) is 0 Å². The van der Waals surface area contributed by atoms with E-state index in [1.54, 1.807) is 6.07 Å². The minimum absolute atomic E-state index is 0.342. The SMILES string of the molecule is CCOc1cc(CNC2CCCC2)cc(Br)c1OCc1ccc(Cl)cc1Cl. The van der Waals surface area contributed by atoms with E-state index >= 15 is 0 Å². The Hall–Kier alpha value is -0.940. The van der Waals surface area contributed by atoms with Gasteiger partial charge < -0.3 is 14.8 Å². The summed E-state index contributed by atoms with van der Waals surface area (Å²) in [7, 11) is 0. The first-order valence-corrected chi connectivity index (χ1v) is 10.9. The van der Waals surface area contributed by atoms with Crippen LogP contribution in [0.5, 0.6) is 11.5 Å². The van der Waals surface area contributed by atoms with Crippen LogP contribution in [0.1, 0.15) is 43.7 Å². The monoisotopic (exact) mass is 471 g/mol. The van der Waals surface area contributed by atoms with Crippen molar-refractivity contribution in [1.29, 1.82) is 0 Å². The molecule has 0 aliphatic heterocycles. The molecule has 0 unspecified atom stereocenters. The Labute approximate surface area is 179 Å². The Kier molecular flexibility index (Phi) is 7.71. The second-order valence-corrected chi connectivity index (χ2v) is 8.42. The molecule has 0 saturated heterocycles. The van der Waals surface area contributed by atoms with Crippen molar-refractivity contribution < 1.29 is 9.47 Å². The first-order chi connectivity index (χ1) is 13.1. The molecule has 6 heteroatoms. The number of nitrogens with one attached hydrogen (secondary N) is 1. The lowest BCUT2D eigenvalue weighted by atomic mass is 10.1. The van der Waals surface area contributed by atoms with Gasteiger partial charge >= 0.3 is 0 Å². The Morgan fingerprint density at radius 3 is 2.59 bits per heavy atom. The highest BCUT2D eigenvalue weighted by molar-refractivity contribution is 9.10. The molecule has 0 aromatic heterocycles. The van der Waals surface area contributed by atoms with Crippen molar-refractivity contribution in [2.24, 2.45) is 0 Å². The molecule has 0 amide bonds. The summed E-state index contributed by atoms with van der Waals surface area (Å²) in [4.78, 5) is 0. The molecule has 0 atom stereocenters. The number of hydrogen-bond donors (Lipinski definition) is 1. The first kappa shape index (κ1) is 20.8. The molecule has 0 radical (unpaired) electrons. The maximum atomic E-state index is 6.25. The Morgan fingerprint density at radius 1 is 1.11 bits per heavy atom. The quantitative estimate of drug-likeness (QED) is 0.460. The van der Waals surface area contributed by atoms with Gasteiger partial charge in [0.2, 0.25) is 0 Å². The molecule has 2 aromatic rings. The average molecular weight is 473 g/mol. The van der Waals surface area contributed by atoms with Crippen LogP contribution in [-0.4, -0.2) is 12.6 Å². The summed E-state index contributed by atoms with van der Waals surface area (Å²) in [6.07, 6.45) is 5.18. The van der Waals surface area contributed by atoms with E-state index in [4.69, 9.17) is 32.7 Å². The summed E-state index contributed by atoms with van der Waals surface area (Å²) in [5.41, 5.74) is 2.05. The molecule has 0 bridgehead atoms. The predicted octanol–water partition coefficient (Wildman–Crippen LogP) is 6.77. The highest BCUT2D eigenvalue weighted by Gasteiger charge is 2.16. The van der Waals surface area contributed by atoms with Crippen molar-refractivity contribution in [3.63, 3.8) is 0 Å². The second-order valence-electron chi connectivity index (χ2n) is 6.72. The van der Waals surface area contributed by atoms with Gasteiger partial charge in [0.15, 0.2) is 11.5 Å². The van der Waals surface area contributed by atoms with Gasteiger partial charge in [-0.2, -0.15) is 0 Å². The van der Waals surface area contributed by atoms with Gasteiger partial charge in [-0.25, -0.2) is 0 Å². The number of ether oxygens (including phenoxy) is 2. The van der Waals surface area contributed by atoms with Gasteiger partial charge in [-0.05, 0) is 65.5 Å². The lowest BCUT2D eigenvalue weighted by molar-refractivity contribution is 0.267. The summed E-state index contributed by atoms with van der Waals surface area (Å²) in [6, 6.07) is 10.2. The van der Waals surface area contributed by atoms with E-state index in [2.05, 4.69) is 33.4 Å². The lowest BCUT2D eigenvalue weighted by Gasteiger charge is -2.17. The van der Waals surface area contributed by atoms with Crippen LogP contribution in [0.15, 0.2) is 34.8 Å². The largest absolute Gasteiger partial charge is 0.490 e. The molecule has 0 spiro atoms. The molecular weight excluding hydrogens is 449 g/mol. The van der Waals surface area contributed by atoms with Crippen LogP contribution in [0, 0.1) is 0 Å². The Balaban J connectivity index is 1.72. The fourth-order valence-corrected chi connectivity index (χ4v) is 4.37. The fraction of sp³-hybridized carbons (Fsp3) is 0.429. The van der Waals surface area contributed by atoms with Gasteiger partial charge in [0.25, 0.3) is 0 Å². The summed E-state index contributed by atoms with van der Waals surface area (Å²) in [6.45, 7) is 3.71. The molecule has 1 aliphatic carbocycles. The zero-order chi connectivity index (χ0) is 19.2. The van der Waals surface area contributed by atoms with Gasteiger partial charge in [-0.3, -0.25) is 0 Å². The highest BCUT2D eigenvalue weighted by atomic mass is 79.9. The second kappa shape index (κ2) is 10.0. The van der Waals surface area contributed by atoms with Crippen LogP contribution in [-0.2, 0) is 13.2 Å². The standard InChI is InChI=1S/C21H24BrCl2NO2/c1-2-26-20-10-14(12-25-17-5-3-4-6-17)9-18(22)21(20)27-13-15-7-8-16(23)11-19(15)24/h7-11,17,25H,2-6,12-13H2,1H3. The Morgan fingerprint density at radius 2 is 1.89 bits per heavy atom. The first-order valence-electron chi connectivity index (χ1n) is 9.32. The zero-order valence-corrected chi connectivity index (χ0v) is 18.5. The molecule has 27 heavy (non-hydrogen) atoms. The Bertz CT molecular complexity index is 779. The van der Waals surface area contributed by atoms with Gasteiger partial charge in [-0.1, -0.05) is 42.1 Å². The maximum absolute atomic E-state index is 6.25. The molecule has 1 N–H and O–H groups in total. The van der Waals surface area contributed by atoms with Crippen molar-refractivity contribution in [1.82, 2.24) is 5.32 Å².